The van der Waals surface area contributed by atoms with Gasteiger partial charge < -0.3 is 14.3 Å². The number of hydrogen-bond donors (Lipinski definition) is 2. The van der Waals surface area contributed by atoms with Gasteiger partial charge in [0.05, 0.1) is 26.0 Å². The third kappa shape index (κ3) is 3.44. The average molecular weight is 311 g/mol. The van der Waals surface area contributed by atoms with Crippen molar-refractivity contribution in [2.45, 2.75) is 24.5 Å². The van der Waals surface area contributed by atoms with E-state index in [9.17, 15) is 8.42 Å². The summed E-state index contributed by atoms with van der Waals surface area (Å²) in [6.45, 7) is 1.43. The molecule has 0 radical (unpaired) electrons. The minimum atomic E-state index is -3.81. The first-order chi connectivity index (χ1) is 9.97. The predicted octanol–water partition coefficient (Wildman–Crippen LogP) is 1.82. The van der Waals surface area contributed by atoms with Crippen LogP contribution in [0.25, 0.3) is 0 Å². The smallest absolute Gasteiger partial charge is 0.244 e. The Morgan fingerprint density at radius 3 is 2.71 bits per heavy atom. The maximum atomic E-state index is 12.5. The van der Waals surface area contributed by atoms with Crippen LogP contribution in [0.1, 0.15) is 24.3 Å². The van der Waals surface area contributed by atoms with Gasteiger partial charge in [-0.05, 0) is 36.8 Å². The Hall–Kier alpha value is -1.83. The van der Waals surface area contributed by atoms with Crippen molar-refractivity contribution in [3.8, 4) is 5.75 Å². The van der Waals surface area contributed by atoms with Crippen molar-refractivity contribution in [2.75, 3.05) is 7.11 Å². The standard InChI is InChI=1S/C14H17NO5S/c1-10(12-4-3-7-20-12)15-21(17,18)14-8-11(9-16)5-6-13(14)19-2/h3-8,10,15-16H,9H2,1-2H3. The van der Waals surface area contributed by atoms with Crippen LogP contribution in [0.5, 0.6) is 5.75 Å². The van der Waals surface area contributed by atoms with Crippen LogP contribution in [0.2, 0.25) is 0 Å². The lowest BCUT2D eigenvalue weighted by Gasteiger charge is -2.15. The summed E-state index contributed by atoms with van der Waals surface area (Å²) in [5, 5.41) is 9.15. The van der Waals surface area contributed by atoms with E-state index in [1.54, 1.807) is 25.1 Å². The number of sulfonamides is 1. The number of rotatable bonds is 6. The van der Waals surface area contributed by atoms with E-state index in [0.717, 1.165) is 0 Å². The van der Waals surface area contributed by atoms with Gasteiger partial charge in [-0.3, -0.25) is 0 Å². The first-order valence-electron chi connectivity index (χ1n) is 6.31. The molecule has 0 saturated heterocycles. The molecular weight excluding hydrogens is 294 g/mol. The van der Waals surface area contributed by atoms with E-state index >= 15 is 0 Å². The van der Waals surface area contributed by atoms with Crippen molar-refractivity contribution in [1.29, 1.82) is 0 Å². The maximum absolute atomic E-state index is 12.5. The number of nitrogens with one attached hydrogen (secondary N) is 1. The number of methoxy groups -OCH3 is 1. The Balaban J connectivity index is 2.34. The van der Waals surface area contributed by atoms with Gasteiger partial charge in [-0.25, -0.2) is 13.1 Å². The number of benzene rings is 1. The highest BCUT2D eigenvalue weighted by Gasteiger charge is 2.23. The van der Waals surface area contributed by atoms with Crippen molar-refractivity contribution >= 4 is 10.0 Å². The van der Waals surface area contributed by atoms with Crippen LogP contribution in [0.3, 0.4) is 0 Å². The molecule has 1 aromatic heterocycles. The first kappa shape index (κ1) is 15.6. The largest absolute Gasteiger partial charge is 0.495 e. The van der Waals surface area contributed by atoms with E-state index in [1.165, 1.54) is 25.5 Å². The minimum Gasteiger partial charge on any atom is -0.495 e. The lowest BCUT2D eigenvalue weighted by atomic mass is 10.2. The lowest BCUT2D eigenvalue weighted by Crippen LogP contribution is -2.27. The van der Waals surface area contributed by atoms with E-state index in [0.29, 0.717) is 11.3 Å². The molecule has 2 aromatic rings. The van der Waals surface area contributed by atoms with Gasteiger partial charge in [0.15, 0.2) is 0 Å². The fourth-order valence-electron chi connectivity index (χ4n) is 1.92. The molecular formula is C14H17NO5S. The molecule has 1 unspecified atom stereocenters. The molecule has 0 spiro atoms. The zero-order chi connectivity index (χ0) is 15.5. The topological polar surface area (TPSA) is 88.8 Å². The molecule has 21 heavy (non-hydrogen) atoms. The van der Waals surface area contributed by atoms with E-state index in [-0.39, 0.29) is 17.3 Å². The summed E-state index contributed by atoms with van der Waals surface area (Å²) in [5.41, 5.74) is 0.488. The normalized spacial score (nSPS) is 13.1. The Bertz CT molecular complexity index is 694. The van der Waals surface area contributed by atoms with Crippen LogP contribution < -0.4 is 9.46 Å². The fourth-order valence-corrected chi connectivity index (χ4v) is 3.35. The molecule has 2 rings (SSSR count). The van der Waals surface area contributed by atoms with Crippen molar-refractivity contribution in [3.05, 3.63) is 47.9 Å². The Labute approximate surface area is 123 Å². The Morgan fingerprint density at radius 2 is 2.14 bits per heavy atom. The second-order valence-corrected chi connectivity index (χ2v) is 6.18. The van der Waals surface area contributed by atoms with E-state index in [4.69, 9.17) is 14.3 Å². The van der Waals surface area contributed by atoms with E-state index in [1.807, 2.05) is 0 Å². The zero-order valence-corrected chi connectivity index (χ0v) is 12.6. The van der Waals surface area contributed by atoms with Crippen molar-refractivity contribution in [1.82, 2.24) is 4.72 Å². The number of aliphatic hydroxyl groups is 1. The molecule has 0 bridgehead atoms. The average Bonchev–Trinajstić information content (AvgIpc) is 3.00. The predicted molar refractivity (Wildman–Crippen MR) is 76.4 cm³/mol. The van der Waals surface area contributed by atoms with Crippen molar-refractivity contribution in [3.63, 3.8) is 0 Å². The summed E-state index contributed by atoms with van der Waals surface area (Å²) in [6.07, 6.45) is 1.48. The van der Waals surface area contributed by atoms with Gasteiger partial charge in [-0.15, -0.1) is 0 Å². The number of aliphatic hydroxyl groups excluding tert-OH is 1. The van der Waals surface area contributed by atoms with Crippen LogP contribution in [-0.2, 0) is 16.6 Å². The summed E-state index contributed by atoms with van der Waals surface area (Å²) in [7, 11) is -2.42. The molecule has 0 fully saturated rings. The highest BCUT2D eigenvalue weighted by atomic mass is 32.2. The van der Waals surface area contributed by atoms with Crippen LogP contribution in [0, 0.1) is 0 Å². The minimum absolute atomic E-state index is 0.0186. The molecule has 1 atom stereocenters. The van der Waals surface area contributed by atoms with E-state index in [2.05, 4.69) is 4.72 Å². The second-order valence-electron chi connectivity index (χ2n) is 4.50. The lowest BCUT2D eigenvalue weighted by molar-refractivity contribution is 0.281. The number of ether oxygens (including phenoxy) is 1. The summed E-state index contributed by atoms with van der Waals surface area (Å²) in [4.78, 5) is -0.0186. The summed E-state index contributed by atoms with van der Waals surface area (Å²) in [6, 6.07) is 7.36. The molecule has 0 saturated carbocycles. The molecule has 1 aromatic carbocycles. The SMILES string of the molecule is COc1ccc(CO)cc1S(=O)(=O)NC(C)c1ccco1. The highest BCUT2D eigenvalue weighted by molar-refractivity contribution is 7.89. The molecule has 6 nitrogen and oxygen atoms in total. The molecule has 0 amide bonds. The summed E-state index contributed by atoms with van der Waals surface area (Å²) >= 11 is 0. The van der Waals surface area contributed by atoms with Crippen LogP contribution >= 0.6 is 0 Å². The van der Waals surface area contributed by atoms with Crippen LogP contribution in [0.15, 0.2) is 45.9 Å². The van der Waals surface area contributed by atoms with Gasteiger partial charge in [0.1, 0.15) is 16.4 Å². The van der Waals surface area contributed by atoms with Crippen LogP contribution in [0.4, 0.5) is 0 Å². The van der Waals surface area contributed by atoms with Crippen LogP contribution in [-0.4, -0.2) is 20.6 Å². The third-order valence-corrected chi connectivity index (χ3v) is 4.56. The molecule has 2 N–H and O–H groups in total. The zero-order valence-electron chi connectivity index (χ0n) is 11.7. The number of hydrogen-bond acceptors (Lipinski definition) is 5. The van der Waals surface area contributed by atoms with E-state index < -0.39 is 16.1 Å². The monoisotopic (exact) mass is 311 g/mol. The summed E-state index contributed by atoms with van der Waals surface area (Å²) < 4.78 is 37.7. The summed E-state index contributed by atoms with van der Waals surface area (Å²) in [5.74, 6) is 0.724. The van der Waals surface area contributed by atoms with Gasteiger partial charge in [0.2, 0.25) is 10.0 Å². The van der Waals surface area contributed by atoms with Gasteiger partial charge in [-0.1, -0.05) is 6.07 Å². The first-order valence-corrected chi connectivity index (χ1v) is 7.79. The molecule has 7 heteroatoms. The molecule has 0 aliphatic carbocycles. The Morgan fingerprint density at radius 1 is 1.38 bits per heavy atom. The van der Waals surface area contributed by atoms with Crippen molar-refractivity contribution < 1.29 is 22.7 Å². The fraction of sp³-hybridized carbons (Fsp3) is 0.286. The van der Waals surface area contributed by atoms with Gasteiger partial charge in [0.25, 0.3) is 0 Å². The Kier molecular flexibility index (Phi) is 4.66. The molecule has 0 aliphatic heterocycles. The molecule has 0 aliphatic rings. The maximum Gasteiger partial charge on any atom is 0.244 e. The quantitative estimate of drug-likeness (QED) is 0.849. The molecule has 1 heterocycles. The number of furan rings is 1. The van der Waals surface area contributed by atoms with Crippen molar-refractivity contribution in [2.24, 2.45) is 0 Å². The van der Waals surface area contributed by atoms with Gasteiger partial charge in [0, 0.05) is 0 Å². The third-order valence-electron chi connectivity index (χ3n) is 3.00. The van der Waals surface area contributed by atoms with Gasteiger partial charge >= 0.3 is 0 Å². The second kappa shape index (κ2) is 6.30. The molecule has 114 valence electrons. The highest BCUT2D eigenvalue weighted by Crippen LogP contribution is 2.26. The van der Waals surface area contributed by atoms with Gasteiger partial charge in [-0.2, -0.15) is 0 Å².